The summed E-state index contributed by atoms with van der Waals surface area (Å²) < 4.78 is 0. The van der Waals surface area contributed by atoms with Crippen molar-refractivity contribution in [1.29, 1.82) is 0 Å². The molecule has 0 aromatic heterocycles. The Morgan fingerprint density at radius 1 is 1.26 bits per heavy atom. The molecule has 0 N–H and O–H groups in total. The molecule has 1 fully saturated rings. The SMILES string of the molecule is CC(C)CCC[C@@H](C)[C@H]1CCC2=CC(=O)CC[C@@]21C. The van der Waals surface area contributed by atoms with Gasteiger partial charge in [-0.25, -0.2) is 0 Å². The average Bonchev–Trinajstić information content (AvgIpc) is 2.66. The molecule has 1 saturated carbocycles. The van der Waals surface area contributed by atoms with Crippen LogP contribution in [0.2, 0.25) is 0 Å². The standard InChI is InChI=1S/C18H30O/c1-13(2)6-5-7-14(3)17-9-8-15-12-16(19)10-11-18(15,17)4/h12-14,17H,5-11H2,1-4H3/t14-,17-,18+/m1/s1. The number of allylic oxidation sites excluding steroid dienone is 2. The van der Waals surface area contributed by atoms with Crippen LogP contribution in [-0.2, 0) is 4.79 Å². The van der Waals surface area contributed by atoms with Crippen LogP contribution in [0.5, 0.6) is 0 Å². The van der Waals surface area contributed by atoms with Crippen LogP contribution in [-0.4, -0.2) is 5.78 Å². The van der Waals surface area contributed by atoms with Gasteiger partial charge in [0, 0.05) is 6.42 Å². The van der Waals surface area contributed by atoms with E-state index < -0.39 is 0 Å². The fraction of sp³-hybridized carbons (Fsp3) is 0.833. The summed E-state index contributed by atoms with van der Waals surface area (Å²) in [5, 5.41) is 0. The molecule has 0 saturated heterocycles. The van der Waals surface area contributed by atoms with Crippen LogP contribution in [0.3, 0.4) is 0 Å². The van der Waals surface area contributed by atoms with Gasteiger partial charge in [-0.1, -0.05) is 52.5 Å². The molecule has 2 rings (SSSR count). The summed E-state index contributed by atoms with van der Waals surface area (Å²) in [6, 6.07) is 0. The molecule has 0 radical (unpaired) electrons. The Balaban J connectivity index is 1.98. The third-order valence-corrected chi connectivity index (χ3v) is 5.63. The number of ketones is 1. The van der Waals surface area contributed by atoms with E-state index in [-0.39, 0.29) is 0 Å². The van der Waals surface area contributed by atoms with E-state index in [1.807, 2.05) is 6.08 Å². The fourth-order valence-corrected chi connectivity index (χ4v) is 4.35. The molecule has 3 atom stereocenters. The van der Waals surface area contributed by atoms with Crippen molar-refractivity contribution in [1.82, 2.24) is 0 Å². The summed E-state index contributed by atoms with van der Waals surface area (Å²) in [7, 11) is 0. The van der Waals surface area contributed by atoms with Gasteiger partial charge in [-0.3, -0.25) is 4.79 Å². The molecular weight excluding hydrogens is 232 g/mol. The Bertz CT molecular complexity index is 366. The predicted octanol–water partition coefficient (Wildman–Crippen LogP) is 5.15. The van der Waals surface area contributed by atoms with Gasteiger partial charge in [-0.2, -0.15) is 0 Å². The number of carbonyl (C=O) groups excluding carboxylic acids is 1. The largest absolute Gasteiger partial charge is 0.295 e. The second-order valence-corrected chi connectivity index (χ2v) is 7.50. The normalized spacial score (nSPS) is 32.4. The quantitative estimate of drug-likeness (QED) is 0.669. The predicted molar refractivity (Wildman–Crippen MR) is 81.0 cm³/mol. The molecule has 0 aromatic carbocycles. The lowest BCUT2D eigenvalue weighted by atomic mass is 9.66. The highest BCUT2D eigenvalue weighted by Crippen LogP contribution is 2.55. The molecule has 0 amide bonds. The van der Waals surface area contributed by atoms with Crippen molar-refractivity contribution in [2.75, 3.05) is 0 Å². The van der Waals surface area contributed by atoms with E-state index >= 15 is 0 Å². The first-order valence-electron chi connectivity index (χ1n) is 8.17. The molecular formula is C18H30O. The van der Waals surface area contributed by atoms with Crippen LogP contribution in [0.15, 0.2) is 11.6 Å². The minimum absolute atomic E-state index is 0.338. The smallest absolute Gasteiger partial charge is 0.155 e. The fourth-order valence-electron chi connectivity index (χ4n) is 4.35. The van der Waals surface area contributed by atoms with Crippen LogP contribution < -0.4 is 0 Å². The van der Waals surface area contributed by atoms with Gasteiger partial charge in [0.05, 0.1) is 0 Å². The summed E-state index contributed by atoms with van der Waals surface area (Å²) >= 11 is 0. The maximum atomic E-state index is 11.6. The lowest BCUT2D eigenvalue weighted by Gasteiger charge is -2.38. The number of rotatable bonds is 5. The number of fused-ring (bicyclic) bond motifs is 1. The van der Waals surface area contributed by atoms with Crippen molar-refractivity contribution in [3.05, 3.63) is 11.6 Å². The average molecular weight is 262 g/mol. The molecule has 0 aromatic rings. The van der Waals surface area contributed by atoms with Crippen molar-refractivity contribution in [2.24, 2.45) is 23.2 Å². The minimum atomic E-state index is 0.338. The summed E-state index contributed by atoms with van der Waals surface area (Å²) in [6.45, 7) is 9.49. The van der Waals surface area contributed by atoms with Gasteiger partial charge in [0.2, 0.25) is 0 Å². The van der Waals surface area contributed by atoms with Crippen molar-refractivity contribution in [3.8, 4) is 0 Å². The van der Waals surface area contributed by atoms with E-state index in [1.54, 1.807) is 0 Å². The van der Waals surface area contributed by atoms with Crippen LogP contribution in [0.25, 0.3) is 0 Å². The second-order valence-electron chi connectivity index (χ2n) is 7.50. The summed E-state index contributed by atoms with van der Waals surface area (Å²) in [5.41, 5.74) is 1.80. The van der Waals surface area contributed by atoms with E-state index in [2.05, 4.69) is 27.7 Å². The Labute approximate surface area is 118 Å². The maximum Gasteiger partial charge on any atom is 0.155 e. The van der Waals surface area contributed by atoms with Crippen LogP contribution in [0.1, 0.15) is 72.6 Å². The number of hydrogen-bond donors (Lipinski definition) is 0. The third-order valence-electron chi connectivity index (χ3n) is 5.63. The molecule has 0 aliphatic heterocycles. The zero-order valence-electron chi connectivity index (χ0n) is 13.2. The topological polar surface area (TPSA) is 17.1 Å². The van der Waals surface area contributed by atoms with Gasteiger partial charge >= 0.3 is 0 Å². The number of carbonyl (C=O) groups is 1. The molecule has 108 valence electrons. The van der Waals surface area contributed by atoms with Gasteiger partial charge in [-0.05, 0) is 48.5 Å². The lowest BCUT2D eigenvalue weighted by molar-refractivity contribution is -0.115. The van der Waals surface area contributed by atoms with Crippen molar-refractivity contribution >= 4 is 5.78 Å². The molecule has 1 heteroatoms. The molecule has 0 spiro atoms. The van der Waals surface area contributed by atoms with Crippen LogP contribution >= 0.6 is 0 Å². The van der Waals surface area contributed by atoms with E-state index in [4.69, 9.17) is 0 Å². The lowest BCUT2D eigenvalue weighted by Crippen LogP contribution is -2.31. The Morgan fingerprint density at radius 3 is 2.68 bits per heavy atom. The van der Waals surface area contributed by atoms with Crippen molar-refractivity contribution < 1.29 is 4.79 Å². The summed E-state index contributed by atoms with van der Waals surface area (Å²) in [6.07, 6.45) is 10.4. The van der Waals surface area contributed by atoms with Crippen molar-refractivity contribution in [3.63, 3.8) is 0 Å². The zero-order valence-corrected chi connectivity index (χ0v) is 13.2. The molecule has 19 heavy (non-hydrogen) atoms. The highest BCUT2D eigenvalue weighted by molar-refractivity contribution is 5.91. The molecule has 1 nitrogen and oxygen atoms in total. The minimum Gasteiger partial charge on any atom is -0.295 e. The molecule has 0 bridgehead atoms. The van der Waals surface area contributed by atoms with E-state index in [9.17, 15) is 4.79 Å². The molecule has 2 aliphatic rings. The zero-order chi connectivity index (χ0) is 14.0. The Morgan fingerprint density at radius 2 is 2.00 bits per heavy atom. The first-order valence-corrected chi connectivity index (χ1v) is 8.17. The first kappa shape index (κ1) is 14.8. The van der Waals surface area contributed by atoms with Gasteiger partial charge in [0.25, 0.3) is 0 Å². The van der Waals surface area contributed by atoms with E-state index in [0.717, 1.165) is 30.6 Å². The third kappa shape index (κ3) is 3.12. The van der Waals surface area contributed by atoms with Gasteiger partial charge in [-0.15, -0.1) is 0 Å². The highest BCUT2D eigenvalue weighted by Gasteiger charge is 2.46. The van der Waals surface area contributed by atoms with Gasteiger partial charge in [0.15, 0.2) is 5.78 Å². The number of hydrogen-bond acceptors (Lipinski definition) is 1. The van der Waals surface area contributed by atoms with Gasteiger partial charge in [0.1, 0.15) is 0 Å². The van der Waals surface area contributed by atoms with Crippen LogP contribution in [0.4, 0.5) is 0 Å². The highest BCUT2D eigenvalue weighted by atomic mass is 16.1. The summed E-state index contributed by atoms with van der Waals surface area (Å²) in [5.74, 6) is 2.80. The monoisotopic (exact) mass is 262 g/mol. The van der Waals surface area contributed by atoms with Gasteiger partial charge < -0.3 is 0 Å². The summed E-state index contributed by atoms with van der Waals surface area (Å²) in [4.78, 5) is 11.6. The Hall–Kier alpha value is -0.590. The van der Waals surface area contributed by atoms with E-state index in [1.165, 1.54) is 37.7 Å². The van der Waals surface area contributed by atoms with Crippen LogP contribution in [0, 0.1) is 23.2 Å². The second kappa shape index (κ2) is 5.81. The van der Waals surface area contributed by atoms with E-state index in [0.29, 0.717) is 11.2 Å². The molecule has 0 heterocycles. The van der Waals surface area contributed by atoms with Crippen molar-refractivity contribution in [2.45, 2.75) is 72.6 Å². The first-order chi connectivity index (χ1) is 8.93. The Kier molecular flexibility index (Phi) is 4.53. The molecule has 0 unspecified atom stereocenters. The molecule has 2 aliphatic carbocycles. The maximum absolute atomic E-state index is 11.6.